The second-order valence-corrected chi connectivity index (χ2v) is 6.10. The third-order valence-corrected chi connectivity index (χ3v) is 3.66. The minimum absolute atomic E-state index is 0.643. The molecule has 0 fully saturated rings. The van der Waals surface area contributed by atoms with Gasteiger partial charge in [0.1, 0.15) is 0 Å². The molecule has 0 rings (SSSR count). The van der Waals surface area contributed by atoms with Gasteiger partial charge in [0.15, 0.2) is 0 Å². The highest BCUT2D eigenvalue weighted by Gasteiger charge is 2.11. The SMILES string of the molecule is CCCC(CCCCCCNC(C)C)C(C)C. The van der Waals surface area contributed by atoms with Crippen molar-refractivity contribution in [2.75, 3.05) is 6.54 Å². The Labute approximate surface area is 110 Å². The molecule has 0 aliphatic carbocycles. The second-order valence-electron chi connectivity index (χ2n) is 6.10. The Morgan fingerprint density at radius 1 is 0.824 bits per heavy atom. The topological polar surface area (TPSA) is 12.0 Å². The van der Waals surface area contributed by atoms with Crippen LogP contribution in [0.25, 0.3) is 0 Å². The smallest absolute Gasteiger partial charge is 0.00103 e. The van der Waals surface area contributed by atoms with Crippen LogP contribution in [0.4, 0.5) is 0 Å². The molecular formula is C16H35N. The number of unbranched alkanes of at least 4 members (excludes halogenated alkanes) is 3. The van der Waals surface area contributed by atoms with E-state index in [1.807, 2.05) is 0 Å². The molecule has 104 valence electrons. The van der Waals surface area contributed by atoms with Gasteiger partial charge >= 0.3 is 0 Å². The number of hydrogen-bond acceptors (Lipinski definition) is 1. The van der Waals surface area contributed by atoms with Crippen molar-refractivity contribution in [1.29, 1.82) is 0 Å². The molecule has 0 spiro atoms. The van der Waals surface area contributed by atoms with E-state index in [1.54, 1.807) is 0 Å². The molecule has 0 amide bonds. The van der Waals surface area contributed by atoms with Gasteiger partial charge < -0.3 is 5.32 Å². The largest absolute Gasteiger partial charge is 0.315 e. The third kappa shape index (κ3) is 10.8. The van der Waals surface area contributed by atoms with Crippen LogP contribution in [0.5, 0.6) is 0 Å². The summed E-state index contributed by atoms with van der Waals surface area (Å²) in [6, 6.07) is 0.643. The Hall–Kier alpha value is -0.0400. The van der Waals surface area contributed by atoms with E-state index in [1.165, 1.54) is 51.5 Å². The number of hydrogen-bond donors (Lipinski definition) is 1. The van der Waals surface area contributed by atoms with Crippen molar-refractivity contribution in [3.8, 4) is 0 Å². The van der Waals surface area contributed by atoms with Crippen molar-refractivity contribution < 1.29 is 0 Å². The molecule has 17 heavy (non-hydrogen) atoms. The van der Waals surface area contributed by atoms with Gasteiger partial charge in [0, 0.05) is 6.04 Å². The Bertz CT molecular complexity index is 152. The highest BCUT2D eigenvalue weighted by Crippen LogP contribution is 2.23. The normalized spacial score (nSPS) is 13.6. The fraction of sp³-hybridized carbons (Fsp3) is 1.00. The van der Waals surface area contributed by atoms with E-state index in [2.05, 4.69) is 39.9 Å². The van der Waals surface area contributed by atoms with Gasteiger partial charge in [-0.05, 0) is 24.8 Å². The first kappa shape index (κ1) is 17.0. The highest BCUT2D eigenvalue weighted by atomic mass is 14.9. The van der Waals surface area contributed by atoms with Gasteiger partial charge in [0.2, 0.25) is 0 Å². The summed E-state index contributed by atoms with van der Waals surface area (Å²) in [4.78, 5) is 0. The lowest BCUT2D eigenvalue weighted by atomic mass is 9.87. The summed E-state index contributed by atoms with van der Waals surface area (Å²) < 4.78 is 0. The van der Waals surface area contributed by atoms with E-state index in [0.29, 0.717) is 6.04 Å². The van der Waals surface area contributed by atoms with Gasteiger partial charge in [-0.25, -0.2) is 0 Å². The van der Waals surface area contributed by atoms with E-state index in [4.69, 9.17) is 0 Å². The summed E-state index contributed by atoms with van der Waals surface area (Å²) in [6.07, 6.45) is 9.82. The number of nitrogens with one attached hydrogen (secondary N) is 1. The summed E-state index contributed by atoms with van der Waals surface area (Å²) in [6.45, 7) is 12.7. The molecule has 0 heterocycles. The van der Waals surface area contributed by atoms with Gasteiger partial charge in [-0.1, -0.05) is 73.1 Å². The van der Waals surface area contributed by atoms with Crippen LogP contribution < -0.4 is 5.32 Å². The fourth-order valence-electron chi connectivity index (χ4n) is 2.46. The Kier molecular flexibility index (Phi) is 11.0. The molecule has 0 saturated carbocycles. The zero-order valence-corrected chi connectivity index (χ0v) is 12.9. The van der Waals surface area contributed by atoms with Crippen LogP contribution in [0.2, 0.25) is 0 Å². The first-order chi connectivity index (χ1) is 8.07. The van der Waals surface area contributed by atoms with E-state index in [9.17, 15) is 0 Å². The Morgan fingerprint density at radius 2 is 1.47 bits per heavy atom. The molecule has 1 nitrogen and oxygen atoms in total. The minimum atomic E-state index is 0.643. The first-order valence-corrected chi connectivity index (χ1v) is 7.81. The van der Waals surface area contributed by atoms with Crippen molar-refractivity contribution >= 4 is 0 Å². The lowest BCUT2D eigenvalue weighted by Crippen LogP contribution is -2.23. The van der Waals surface area contributed by atoms with Crippen LogP contribution in [-0.4, -0.2) is 12.6 Å². The lowest BCUT2D eigenvalue weighted by Gasteiger charge is -2.20. The molecule has 0 aromatic carbocycles. The first-order valence-electron chi connectivity index (χ1n) is 7.81. The van der Waals surface area contributed by atoms with Crippen molar-refractivity contribution in [3.05, 3.63) is 0 Å². The predicted octanol–water partition coefficient (Wildman–Crippen LogP) is 5.01. The van der Waals surface area contributed by atoms with Crippen LogP contribution in [0, 0.1) is 11.8 Å². The molecule has 0 bridgehead atoms. The molecule has 1 N–H and O–H groups in total. The summed E-state index contributed by atoms with van der Waals surface area (Å²) >= 11 is 0. The summed E-state index contributed by atoms with van der Waals surface area (Å²) in [7, 11) is 0. The Balaban J connectivity index is 3.36. The van der Waals surface area contributed by atoms with Crippen molar-refractivity contribution in [2.45, 2.75) is 85.6 Å². The standard InChI is InChI=1S/C16H35N/c1-6-11-16(14(2)3)12-9-7-8-10-13-17-15(4)5/h14-17H,6-13H2,1-5H3. The number of rotatable bonds is 11. The molecule has 0 aliphatic heterocycles. The van der Waals surface area contributed by atoms with Gasteiger partial charge in [-0.15, -0.1) is 0 Å². The quantitative estimate of drug-likeness (QED) is 0.502. The maximum Gasteiger partial charge on any atom is 0.00103 e. The van der Waals surface area contributed by atoms with E-state index in [0.717, 1.165) is 11.8 Å². The molecule has 0 radical (unpaired) electrons. The van der Waals surface area contributed by atoms with E-state index >= 15 is 0 Å². The van der Waals surface area contributed by atoms with Gasteiger partial charge in [-0.3, -0.25) is 0 Å². The lowest BCUT2D eigenvalue weighted by molar-refractivity contribution is 0.321. The zero-order valence-electron chi connectivity index (χ0n) is 12.9. The van der Waals surface area contributed by atoms with Crippen LogP contribution in [0.1, 0.15) is 79.6 Å². The molecule has 0 aromatic heterocycles. The average Bonchev–Trinajstić information content (AvgIpc) is 2.25. The van der Waals surface area contributed by atoms with Crippen LogP contribution >= 0.6 is 0 Å². The molecule has 0 saturated heterocycles. The maximum absolute atomic E-state index is 3.48. The summed E-state index contributed by atoms with van der Waals surface area (Å²) in [5, 5.41) is 3.48. The van der Waals surface area contributed by atoms with Crippen molar-refractivity contribution in [1.82, 2.24) is 5.32 Å². The van der Waals surface area contributed by atoms with Crippen LogP contribution in [-0.2, 0) is 0 Å². The third-order valence-electron chi connectivity index (χ3n) is 3.66. The monoisotopic (exact) mass is 241 g/mol. The second kappa shape index (κ2) is 11.1. The van der Waals surface area contributed by atoms with Crippen LogP contribution in [0.15, 0.2) is 0 Å². The summed E-state index contributed by atoms with van der Waals surface area (Å²) in [5.74, 6) is 1.84. The van der Waals surface area contributed by atoms with E-state index < -0.39 is 0 Å². The fourth-order valence-corrected chi connectivity index (χ4v) is 2.46. The summed E-state index contributed by atoms with van der Waals surface area (Å²) in [5.41, 5.74) is 0. The average molecular weight is 241 g/mol. The molecule has 1 atom stereocenters. The Morgan fingerprint density at radius 3 is 2.00 bits per heavy atom. The minimum Gasteiger partial charge on any atom is -0.315 e. The van der Waals surface area contributed by atoms with E-state index in [-0.39, 0.29) is 0 Å². The molecular weight excluding hydrogens is 206 g/mol. The van der Waals surface area contributed by atoms with Gasteiger partial charge in [0.05, 0.1) is 0 Å². The zero-order chi connectivity index (χ0) is 13.1. The van der Waals surface area contributed by atoms with Gasteiger partial charge in [0.25, 0.3) is 0 Å². The van der Waals surface area contributed by atoms with Crippen molar-refractivity contribution in [3.63, 3.8) is 0 Å². The van der Waals surface area contributed by atoms with Crippen LogP contribution in [0.3, 0.4) is 0 Å². The van der Waals surface area contributed by atoms with Gasteiger partial charge in [-0.2, -0.15) is 0 Å². The predicted molar refractivity (Wildman–Crippen MR) is 79.5 cm³/mol. The maximum atomic E-state index is 3.48. The molecule has 0 aliphatic rings. The molecule has 1 heteroatoms. The molecule has 0 aromatic rings. The van der Waals surface area contributed by atoms with Crippen molar-refractivity contribution in [2.24, 2.45) is 11.8 Å². The highest BCUT2D eigenvalue weighted by molar-refractivity contribution is 4.63. The molecule has 1 unspecified atom stereocenters.